The van der Waals surface area contributed by atoms with Crippen LogP contribution in [0, 0.1) is 5.92 Å². The van der Waals surface area contributed by atoms with E-state index in [9.17, 15) is 9.59 Å². The van der Waals surface area contributed by atoms with E-state index >= 15 is 0 Å². The summed E-state index contributed by atoms with van der Waals surface area (Å²) in [7, 11) is 0. The van der Waals surface area contributed by atoms with Crippen molar-refractivity contribution in [3.05, 3.63) is 95.6 Å². The first-order chi connectivity index (χ1) is 16.8. The minimum atomic E-state index is -0.323. The number of aryl methyl sites for hydroxylation is 1. The third kappa shape index (κ3) is 8.65. The summed E-state index contributed by atoms with van der Waals surface area (Å²) in [5.74, 6) is 0.0660. The lowest BCUT2D eigenvalue weighted by molar-refractivity contribution is -0.120. The summed E-state index contributed by atoms with van der Waals surface area (Å²) in [6.45, 7) is 6.24. The largest absolute Gasteiger partial charge is 0.332 e. The van der Waals surface area contributed by atoms with Crippen molar-refractivity contribution >= 4 is 40.5 Å². The summed E-state index contributed by atoms with van der Waals surface area (Å²) in [5.41, 5.74) is 4.78. The van der Waals surface area contributed by atoms with E-state index in [4.69, 9.17) is 12.2 Å². The number of hydrogen-bond acceptors (Lipinski definition) is 3. The Kier molecular flexibility index (Phi) is 9.56. The predicted octanol–water partition coefficient (Wildman–Crippen LogP) is 6.07. The summed E-state index contributed by atoms with van der Waals surface area (Å²) in [6, 6.07) is 25.3. The molecule has 1 unspecified atom stereocenters. The quantitative estimate of drug-likeness (QED) is 0.320. The Morgan fingerprint density at radius 2 is 1.37 bits per heavy atom. The van der Waals surface area contributed by atoms with Crippen LogP contribution in [-0.2, 0) is 22.4 Å². The normalized spacial score (nSPS) is 11.5. The summed E-state index contributed by atoms with van der Waals surface area (Å²) in [6.07, 6.45) is 2.13. The van der Waals surface area contributed by atoms with Gasteiger partial charge >= 0.3 is 0 Å². The van der Waals surface area contributed by atoms with Gasteiger partial charge in [0.1, 0.15) is 0 Å². The van der Waals surface area contributed by atoms with Gasteiger partial charge in [0.15, 0.2) is 5.11 Å². The van der Waals surface area contributed by atoms with Crippen molar-refractivity contribution in [1.29, 1.82) is 0 Å². The van der Waals surface area contributed by atoms with Gasteiger partial charge in [-0.25, -0.2) is 0 Å². The zero-order chi connectivity index (χ0) is 25.2. The zero-order valence-corrected chi connectivity index (χ0v) is 21.3. The molecule has 1 atom stereocenters. The number of amides is 2. The fourth-order valence-corrected chi connectivity index (χ4v) is 3.93. The maximum atomic E-state index is 12.7. The lowest BCUT2D eigenvalue weighted by Crippen LogP contribution is -2.36. The van der Waals surface area contributed by atoms with Gasteiger partial charge in [-0.05, 0) is 78.9 Å². The molecule has 0 saturated heterocycles. The van der Waals surface area contributed by atoms with Crippen molar-refractivity contribution in [3.8, 4) is 0 Å². The van der Waals surface area contributed by atoms with Gasteiger partial charge in [-0.2, -0.15) is 0 Å². The molecular formula is C29H33N3O2S. The van der Waals surface area contributed by atoms with Crippen LogP contribution in [0.4, 0.5) is 11.4 Å². The fourth-order valence-electron chi connectivity index (χ4n) is 3.71. The molecule has 35 heavy (non-hydrogen) atoms. The molecule has 0 aliphatic rings. The topological polar surface area (TPSA) is 70.2 Å². The minimum Gasteiger partial charge on any atom is -0.332 e. The minimum absolute atomic E-state index is 0.0384. The lowest BCUT2D eigenvalue weighted by atomic mass is 9.96. The molecule has 0 radical (unpaired) electrons. The SMILES string of the molecule is CC(C)Cc1ccc(C(C)C(=O)NC(=S)Nc2ccc(NC(=O)CCc3ccccc3)cc2)cc1. The maximum absolute atomic E-state index is 12.7. The maximum Gasteiger partial charge on any atom is 0.233 e. The Balaban J connectivity index is 1.45. The highest BCUT2D eigenvalue weighted by Gasteiger charge is 2.16. The van der Waals surface area contributed by atoms with E-state index in [0.29, 0.717) is 24.4 Å². The number of carbonyl (C=O) groups excluding carboxylic acids is 2. The second kappa shape index (κ2) is 12.8. The van der Waals surface area contributed by atoms with Crippen LogP contribution < -0.4 is 16.0 Å². The smallest absolute Gasteiger partial charge is 0.233 e. The van der Waals surface area contributed by atoms with Gasteiger partial charge in [-0.3, -0.25) is 9.59 Å². The van der Waals surface area contributed by atoms with Crippen molar-refractivity contribution in [1.82, 2.24) is 5.32 Å². The average molecular weight is 488 g/mol. The molecule has 2 amide bonds. The van der Waals surface area contributed by atoms with E-state index in [-0.39, 0.29) is 22.8 Å². The monoisotopic (exact) mass is 487 g/mol. The first kappa shape index (κ1) is 26.1. The van der Waals surface area contributed by atoms with Crippen LogP contribution >= 0.6 is 12.2 Å². The summed E-state index contributed by atoms with van der Waals surface area (Å²) in [5, 5.41) is 8.93. The molecule has 0 spiro atoms. The molecule has 0 aliphatic heterocycles. The van der Waals surface area contributed by atoms with Gasteiger partial charge in [-0.1, -0.05) is 68.4 Å². The summed E-state index contributed by atoms with van der Waals surface area (Å²) >= 11 is 5.32. The fraction of sp³-hybridized carbons (Fsp3) is 0.276. The van der Waals surface area contributed by atoms with Crippen LogP contribution in [-0.4, -0.2) is 16.9 Å². The van der Waals surface area contributed by atoms with E-state index in [1.165, 1.54) is 5.56 Å². The molecule has 3 rings (SSSR count). The van der Waals surface area contributed by atoms with Crippen LogP contribution in [0.25, 0.3) is 0 Å². The van der Waals surface area contributed by atoms with Gasteiger partial charge in [-0.15, -0.1) is 0 Å². The van der Waals surface area contributed by atoms with Gasteiger partial charge in [0.2, 0.25) is 11.8 Å². The van der Waals surface area contributed by atoms with E-state index in [0.717, 1.165) is 23.2 Å². The number of thiocarbonyl (C=S) groups is 1. The molecule has 0 fully saturated rings. The van der Waals surface area contributed by atoms with Crippen LogP contribution in [0.5, 0.6) is 0 Å². The number of benzene rings is 3. The van der Waals surface area contributed by atoms with Crippen LogP contribution in [0.1, 0.15) is 49.8 Å². The molecule has 3 N–H and O–H groups in total. The van der Waals surface area contributed by atoms with E-state index in [2.05, 4.69) is 41.9 Å². The Labute approximate surface area is 213 Å². The lowest BCUT2D eigenvalue weighted by Gasteiger charge is -2.15. The molecule has 0 saturated carbocycles. The second-order valence-electron chi connectivity index (χ2n) is 9.12. The van der Waals surface area contributed by atoms with Crippen LogP contribution in [0.3, 0.4) is 0 Å². The van der Waals surface area contributed by atoms with Crippen molar-refractivity contribution in [2.45, 2.75) is 46.0 Å². The number of nitrogens with one attached hydrogen (secondary N) is 3. The highest BCUT2D eigenvalue weighted by atomic mass is 32.1. The van der Waals surface area contributed by atoms with Crippen LogP contribution in [0.15, 0.2) is 78.9 Å². The van der Waals surface area contributed by atoms with Crippen molar-refractivity contribution in [2.24, 2.45) is 5.92 Å². The molecule has 0 aromatic heterocycles. The van der Waals surface area contributed by atoms with E-state index in [1.54, 1.807) is 12.1 Å². The highest BCUT2D eigenvalue weighted by Crippen LogP contribution is 2.18. The van der Waals surface area contributed by atoms with Crippen LogP contribution in [0.2, 0.25) is 0 Å². The van der Waals surface area contributed by atoms with Crippen molar-refractivity contribution < 1.29 is 9.59 Å². The average Bonchev–Trinajstić information content (AvgIpc) is 2.84. The Hall–Kier alpha value is -3.51. The number of rotatable bonds is 9. The van der Waals surface area contributed by atoms with Gasteiger partial charge in [0, 0.05) is 17.8 Å². The first-order valence-corrected chi connectivity index (χ1v) is 12.4. The Morgan fingerprint density at radius 1 is 0.771 bits per heavy atom. The molecule has 3 aromatic rings. The Bertz CT molecular complexity index is 1130. The van der Waals surface area contributed by atoms with E-state index in [1.807, 2.05) is 61.5 Å². The molecule has 182 valence electrons. The summed E-state index contributed by atoms with van der Waals surface area (Å²) < 4.78 is 0. The summed E-state index contributed by atoms with van der Waals surface area (Å²) in [4.78, 5) is 24.9. The molecule has 3 aromatic carbocycles. The number of hydrogen-bond donors (Lipinski definition) is 3. The van der Waals surface area contributed by atoms with Gasteiger partial charge in [0.05, 0.1) is 5.92 Å². The van der Waals surface area contributed by atoms with Crippen molar-refractivity contribution in [2.75, 3.05) is 10.6 Å². The molecule has 0 aliphatic carbocycles. The van der Waals surface area contributed by atoms with Gasteiger partial charge < -0.3 is 16.0 Å². The standard InChI is InChI=1S/C29H33N3O2S/c1-20(2)19-23-9-12-24(13-10-23)21(3)28(34)32-29(35)31-26-16-14-25(15-17-26)30-27(33)18-11-22-7-5-4-6-8-22/h4-10,12-17,20-21H,11,18-19H2,1-3H3,(H,30,33)(H2,31,32,34,35). The number of carbonyl (C=O) groups is 2. The first-order valence-electron chi connectivity index (χ1n) is 11.9. The third-order valence-electron chi connectivity index (χ3n) is 5.66. The van der Waals surface area contributed by atoms with Crippen molar-refractivity contribution in [3.63, 3.8) is 0 Å². The highest BCUT2D eigenvalue weighted by molar-refractivity contribution is 7.80. The molecule has 0 bridgehead atoms. The number of anilines is 2. The van der Waals surface area contributed by atoms with E-state index < -0.39 is 0 Å². The Morgan fingerprint density at radius 3 is 1.97 bits per heavy atom. The third-order valence-corrected chi connectivity index (χ3v) is 5.87. The molecular weight excluding hydrogens is 454 g/mol. The van der Waals surface area contributed by atoms with Gasteiger partial charge in [0.25, 0.3) is 0 Å². The second-order valence-corrected chi connectivity index (χ2v) is 9.52. The molecule has 6 heteroatoms. The molecule has 5 nitrogen and oxygen atoms in total. The molecule has 0 heterocycles. The predicted molar refractivity (Wildman–Crippen MR) is 148 cm³/mol. The zero-order valence-electron chi connectivity index (χ0n) is 20.5.